The third-order valence-corrected chi connectivity index (χ3v) is 5.06. The van der Waals surface area contributed by atoms with Crippen molar-refractivity contribution in [3.8, 4) is 0 Å². The van der Waals surface area contributed by atoms with E-state index in [0.29, 0.717) is 13.1 Å². The van der Waals surface area contributed by atoms with Crippen molar-refractivity contribution in [3.05, 3.63) is 18.3 Å². The van der Waals surface area contributed by atoms with Gasteiger partial charge in [0.05, 0.1) is 4.90 Å². The van der Waals surface area contributed by atoms with Gasteiger partial charge in [-0.2, -0.15) is 4.31 Å². The second kappa shape index (κ2) is 5.76. The van der Waals surface area contributed by atoms with Gasteiger partial charge in [-0.05, 0) is 25.8 Å². The molecule has 110 valence electrons. The van der Waals surface area contributed by atoms with Crippen LogP contribution in [-0.2, 0) is 14.8 Å². The number of hydrogen-bond acceptors (Lipinski definition) is 5. The summed E-state index contributed by atoms with van der Waals surface area (Å²) in [6, 6.07) is 1.95. The largest absolute Gasteiger partial charge is 0.480 e. The van der Waals surface area contributed by atoms with Crippen molar-refractivity contribution in [2.24, 2.45) is 0 Å². The van der Waals surface area contributed by atoms with Gasteiger partial charge in [0, 0.05) is 25.4 Å². The summed E-state index contributed by atoms with van der Waals surface area (Å²) in [4.78, 5) is 14.9. The van der Waals surface area contributed by atoms with E-state index in [4.69, 9.17) is 5.11 Å². The molecule has 0 amide bonds. The molecule has 7 nitrogen and oxygen atoms in total. The maximum absolute atomic E-state index is 12.4. The summed E-state index contributed by atoms with van der Waals surface area (Å²) < 4.78 is 26.2. The van der Waals surface area contributed by atoms with Crippen molar-refractivity contribution in [2.75, 3.05) is 18.4 Å². The fraction of sp³-hybridized carbons (Fsp3) is 0.500. The monoisotopic (exact) mass is 299 g/mol. The first kappa shape index (κ1) is 14.7. The zero-order chi connectivity index (χ0) is 14.8. The lowest BCUT2D eigenvalue weighted by atomic mass is 10.3. The third-order valence-electron chi connectivity index (χ3n) is 3.17. The molecule has 8 heteroatoms. The number of carbonyl (C=O) groups is 1. The molecule has 1 aromatic heterocycles. The number of pyridine rings is 1. The van der Waals surface area contributed by atoms with Crippen molar-refractivity contribution in [2.45, 2.75) is 30.7 Å². The summed E-state index contributed by atoms with van der Waals surface area (Å²) in [6.45, 7) is 2.52. The van der Waals surface area contributed by atoms with Gasteiger partial charge in [0.1, 0.15) is 11.9 Å². The molecule has 1 saturated heterocycles. The molecule has 1 fully saturated rings. The molecule has 0 bridgehead atoms. The summed E-state index contributed by atoms with van der Waals surface area (Å²) in [5.74, 6) is -0.792. The Kier molecular flexibility index (Phi) is 4.24. The van der Waals surface area contributed by atoms with Gasteiger partial charge in [0.15, 0.2) is 0 Å². The molecule has 0 aliphatic carbocycles. The minimum Gasteiger partial charge on any atom is -0.480 e. The van der Waals surface area contributed by atoms with Crippen LogP contribution < -0.4 is 5.32 Å². The smallest absolute Gasteiger partial charge is 0.325 e. The number of aromatic nitrogens is 1. The Morgan fingerprint density at radius 1 is 1.45 bits per heavy atom. The number of aliphatic carboxylic acids is 1. The Bertz CT molecular complexity index is 596. The summed E-state index contributed by atoms with van der Waals surface area (Å²) in [5, 5.41) is 11.5. The number of carboxylic acid groups (broad SMARTS) is 1. The molecule has 0 spiro atoms. The van der Waals surface area contributed by atoms with Crippen LogP contribution >= 0.6 is 0 Å². The first-order valence-corrected chi connectivity index (χ1v) is 7.81. The fourth-order valence-electron chi connectivity index (χ4n) is 2.01. The average Bonchev–Trinajstić information content (AvgIpc) is 2.93. The predicted octanol–water partition coefficient (Wildman–Crippen LogP) is 0.751. The van der Waals surface area contributed by atoms with Gasteiger partial charge in [-0.15, -0.1) is 0 Å². The Balaban J connectivity index is 2.23. The molecule has 1 aromatic rings. The molecule has 2 rings (SSSR count). The third kappa shape index (κ3) is 3.07. The second-order valence-electron chi connectivity index (χ2n) is 4.69. The lowest BCUT2D eigenvalue weighted by molar-refractivity contribution is -0.137. The molecule has 2 heterocycles. The van der Waals surface area contributed by atoms with E-state index in [2.05, 4.69) is 10.3 Å². The van der Waals surface area contributed by atoms with Crippen molar-refractivity contribution in [1.29, 1.82) is 0 Å². The van der Waals surface area contributed by atoms with Crippen molar-refractivity contribution < 1.29 is 18.3 Å². The first-order chi connectivity index (χ1) is 9.41. The topological polar surface area (TPSA) is 99.6 Å². The molecule has 0 aromatic carbocycles. The molecule has 20 heavy (non-hydrogen) atoms. The van der Waals surface area contributed by atoms with Crippen LogP contribution in [0.2, 0.25) is 0 Å². The van der Waals surface area contributed by atoms with Gasteiger partial charge in [0.2, 0.25) is 10.0 Å². The van der Waals surface area contributed by atoms with Crippen LogP contribution in [-0.4, -0.2) is 47.9 Å². The van der Waals surface area contributed by atoms with Gasteiger partial charge in [-0.3, -0.25) is 4.79 Å². The van der Waals surface area contributed by atoms with E-state index in [-0.39, 0.29) is 10.7 Å². The van der Waals surface area contributed by atoms with Crippen molar-refractivity contribution in [3.63, 3.8) is 0 Å². The summed E-state index contributed by atoms with van der Waals surface area (Å²) in [7, 11) is -3.51. The number of anilines is 1. The molecule has 0 saturated carbocycles. The Hall–Kier alpha value is -1.67. The van der Waals surface area contributed by atoms with Gasteiger partial charge >= 0.3 is 5.97 Å². The highest BCUT2D eigenvalue weighted by Crippen LogP contribution is 2.22. The van der Waals surface area contributed by atoms with Crippen molar-refractivity contribution >= 4 is 21.8 Å². The van der Waals surface area contributed by atoms with E-state index in [1.54, 1.807) is 0 Å². The maximum atomic E-state index is 12.4. The Morgan fingerprint density at radius 2 is 2.10 bits per heavy atom. The molecule has 0 unspecified atom stereocenters. The van der Waals surface area contributed by atoms with Crippen LogP contribution in [0.4, 0.5) is 5.82 Å². The van der Waals surface area contributed by atoms with Crippen LogP contribution in [0.1, 0.15) is 19.8 Å². The van der Waals surface area contributed by atoms with E-state index in [1.807, 2.05) is 0 Å². The Morgan fingerprint density at radius 3 is 2.70 bits per heavy atom. The van der Waals surface area contributed by atoms with E-state index in [0.717, 1.165) is 12.8 Å². The number of nitrogens with one attached hydrogen (secondary N) is 1. The molecule has 2 N–H and O–H groups in total. The van der Waals surface area contributed by atoms with Crippen LogP contribution in [0.3, 0.4) is 0 Å². The van der Waals surface area contributed by atoms with Crippen molar-refractivity contribution in [1.82, 2.24) is 9.29 Å². The molecule has 1 aliphatic rings. The van der Waals surface area contributed by atoms with Crippen LogP contribution in [0.15, 0.2) is 23.2 Å². The zero-order valence-corrected chi connectivity index (χ0v) is 11.9. The zero-order valence-electron chi connectivity index (χ0n) is 11.1. The lowest BCUT2D eigenvalue weighted by Crippen LogP contribution is -2.28. The molecule has 1 atom stereocenters. The molecule has 1 aliphatic heterocycles. The minimum absolute atomic E-state index is 0.134. The lowest BCUT2D eigenvalue weighted by Gasteiger charge is -2.16. The maximum Gasteiger partial charge on any atom is 0.325 e. The van der Waals surface area contributed by atoms with Gasteiger partial charge in [-0.1, -0.05) is 0 Å². The highest BCUT2D eigenvalue weighted by Gasteiger charge is 2.27. The van der Waals surface area contributed by atoms with Crippen LogP contribution in [0.5, 0.6) is 0 Å². The Labute approximate surface area is 117 Å². The number of hydrogen-bond donors (Lipinski definition) is 2. The summed E-state index contributed by atoms with van der Waals surface area (Å²) in [6.07, 6.45) is 3.09. The molecular weight excluding hydrogens is 282 g/mol. The standard InChI is InChI=1S/C12H17N3O4S/c1-9(12(16)17)14-11-8-10(4-5-13-11)20(18,19)15-6-2-3-7-15/h4-5,8-9H,2-3,6-7H2,1H3,(H,13,14)(H,16,17)/t9-/m0/s1. The first-order valence-electron chi connectivity index (χ1n) is 6.37. The summed E-state index contributed by atoms with van der Waals surface area (Å²) >= 11 is 0. The number of carboxylic acids is 1. The highest BCUT2D eigenvalue weighted by atomic mass is 32.2. The van der Waals surface area contributed by atoms with E-state index < -0.39 is 22.0 Å². The molecule has 0 radical (unpaired) electrons. The summed E-state index contributed by atoms with van der Waals surface area (Å²) in [5.41, 5.74) is 0. The quantitative estimate of drug-likeness (QED) is 0.832. The molecular formula is C12H17N3O4S. The van der Waals surface area contributed by atoms with Gasteiger partial charge < -0.3 is 10.4 Å². The number of rotatable bonds is 5. The van der Waals surface area contributed by atoms with Gasteiger partial charge in [-0.25, -0.2) is 13.4 Å². The van der Waals surface area contributed by atoms with Gasteiger partial charge in [0.25, 0.3) is 0 Å². The predicted molar refractivity (Wildman–Crippen MR) is 73.0 cm³/mol. The number of sulfonamides is 1. The van der Waals surface area contributed by atoms with E-state index >= 15 is 0 Å². The van der Waals surface area contributed by atoms with Crippen LogP contribution in [0, 0.1) is 0 Å². The van der Waals surface area contributed by atoms with Crippen LogP contribution in [0.25, 0.3) is 0 Å². The SMILES string of the molecule is C[C@H](Nc1cc(S(=O)(=O)N2CCCC2)ccn1)C(=O)O. The normalized spacial score (nSPS) is 17.9. The van der Waals surface area contributed by atoms with E-state index in [1.165, 1.54) is 29.6 Å². The minimum atomic E-state index is -3.51. The highest BCUT2D eigenvalue weighted by molar-refractivity contribution is 7.89. The average molecular weight is 299 g/mol. The fourth-order valence-corrected chi connectivity index (χ4v) is 3.54. The second-order valence-corrected chi connectivity index (χ2v) is 6.63. The number of nitrogens with zero attached hydrogens (tertiary/aromatic N) is 2. The van der Waals surface area contributed by atoms with E-state index in [9.17, 15) is 13.2 Å².